The van der Waals surface area contributed by atoms with Crippen molar-refractivity contribution in [2.45, 2.75) is 12.3 Å². The minimum absolute atomic E-state index is 0.233. The van der Waals surface area contributed by atoms with Gasteiger partial charge in [0, 0.05) is 6.20 Å². The molecular weight excluding hydrogens is 259 g/mol. The molecule has 1 aliphatic heterocycles. The van der Waals surface area contributed by atoms with Crippen LogP contribution in [0.15, 0.2) is 42.6 Å². The minimum Gasteiger partial charge on any atom is -0.497 e. The highest BCUT2D eigenvalue weighted by molar-refractivity contribution is 5.29. The molecule has 1 aromatic carbocycles. The molecule has 0 amide bonds. The standard InChI is InChI=1S/C15H15FN2O2/c1-19-11-6-4-10(5-7-11)15-18-13(9-20-15)14-12(16)3-2-8-17-14/h2-8,13,15,18H,9H2,1H3. The van der Waals surface area contributed by atoms with Gasteiger partial charge in [0.15, 0.2) is 0 Å². The molecule has 2 unspecified atom stereocenters. The van der Waals surface area contributed by atoms with Crippen LogP contribution < -0.4 is 10.1 Å². The van der Waals surface area contributed by atoms with Crippen LogP contribution in [0.4, 0.5) is 4.39 Å². The van der Waals surface area contributed by atoms with Crippen molar-refractivity contribution in [3.8, 4) is 5.75 Å². The van der Waals surface area contributed by atoms with Gasteiger partial charge < -0.3 is 9.47 Å². The lowest BCUT2D eigenvalue weighted by atomic mass is 10.1. The first kappa shape index (κ1) is 13.0. The van der Waals surface area contributed by atoms with Crippen LogP contribution in [0.25, 0.3) is 0 Å². The van der Waals surface area contributed by atoms with E-state index in [-0.39, 0.29) is 18.1 Å². The van der Waals surface area contributed by atoms with Crippen LogP contribution in [-0.2, 0) is 4.74 Å². The maximum Gasteiger partial charge on any atom is 0.146 e. The smallest absolute Gasteiger partial charge is 0.146 e. The predicted molar refractivity (Wildman–Crippen MR) is 71.8 cm³/mol. The third kappa shape index (κ3) is 2.50. The van der Waals surface area contributed by atoms with Crippen LogP contribution in [0.2, 0.25) is 0 Å². The van der Waals surface area contributed by atoms with Crippen molar-refractivity contribution in [3.05, 3.63) is 59.7 Å². The van der Waals surface area contributed by atoms with E-state index in [2.05, 4.69) is 10.3 Å². The van der Waals surface area contributed by atoms with Gasteiger partial charge in [-0.15, -0.1) is 0 Å². The Morgan fingerprint density at radius 2 is 2.10 bits per heavy atom. The topological polar surface area (TPSA) is 43.4 Å². The molecule has 0 bridgehead atoms. The van der Waals surface area contributed by atoms with E-state index in [9.17, 15) is 4.39 Å². The Labute approximate surface area is 116 Å². The van der Waals surface area contributed by atoms with Crippen molar-refractivity contribution in [3.63, 3.8) is 0 Å². The second kappa shape index (κ2) is 5.56. The summed E-state index contributed by atoms with van der Waals surface area (Å²) in [5, 5.41) is 3.24. The van der Waals surface area contributed by atoms with Crippen LogP contribution >= 0.6 is 0 Å². The molecule has 2 heterocycles. The first-order valence-electron chi connectivity index (χ1n) is 6.40. The molecule has 104 valence electrons. The number of rotatable bonds is 3. The highest BCUT2D eigenvalue weighted by Crippen LogP contribution is 2.29. The molecule has 0 spiro atoms. The van der Waals surface area contributed by atoms with Crippen LogP contribution in [0.1, 0.15) is 23.5 Å². The van der Waals surface area contributed by atoms with Crippen LogP contribution in [0.5, 0.6) is 5.75 Å². The SMILES string of the molecule is COc1ccc(C2NC(c3ncccc3F)CO2)cc1. The average Bonchev–Trinajstić information content (AvgIpc) is 2.97. The van der Waals surface area contributed by atoms with Crippen molar-refractivity contribution in [1.29, 1.82) is 0 Å². The lowest BCUT2D eigenvalue weighted by Crippen LogP contribution is -2.20. The van der Waals surface area contributed by atoms with Gasteiger partial charge in [0.2, 0.25) is 0 Å². The number of benzene rings is 1. The van der Waals surface area contributed by atoms with Crippen molar-refractivity contribution in [1.82, 2.24) is 10.3 Å². The molecule has 0 saturated carbocycles. The second-order valence-electron chi connectivity index (χ2n) is 4.58. The molecule has 0 radical (unpaired) electrons. The summed E-state index contributed by atoms with van der Waals surface area (Å²) in [6, 6.07) is 10.3. The van der Waals surface area contributed by atoms with Gasteiger partial charge in [-0.1, -0.05) is 12.1 Å². The van der Waals surface area contributed by atoms with Gasteiger partial charge in [0.1, 0.15) is 17.8 Å². The summed E-state index contributed by atoms with van der Waals surface area (Å²) >= 11 is 0. The van der Waals surface area contributed by atoms with Crippen molar-refractivity contribution >= 4 is 0 Å². The van der Waals surface area contributed by atoms with Gasteiger partial charge in [0.25, 0.3) is 0 Å². The molecule has 20 heavy (non-hydrogen) atoms. The Bertz CT molecular complexity index is 589. The van der Waals surface area contributed by atoms with E-state index in [1.54, 1.807) is 19.4 Å². The fourth-order valence-electron chi connectivity index (χ4n) is 2.25. The van der Waals surface area contributed by atoms with E-state index in [1.165, 1.54) is 6.07 Å². The maximum absolute atomic E-state index is 13.7. The van der Waals surface area contributed by atoms with Gasteiger partial charge in [-0.2, -0.15) is 0 Å². The van der Waals surface area contributed by atoms with Crippen LogP contribution in [0.3, 0.4) is 0 Å². The number of ether oxygens (including phenoxy) is 2. The summed E-state index contributed by atoms with van der Waals surface area (Å²) in [7, 11) is 1.62. The first-order valence-corrected chi connectivity index (χ1v) is 6.40. The number of hydrogen-bond donors (Lipinski definition) is 1. The van der Waals surface area contributed by atoms with Gasteiger partial charge in [-0.05, 0) is 29.8 Å². The molecule has 1 N–H and O–H groups in total. The Kier molecular flexibility index (Phi) is 3.62. The molecule has 1 saturated heterocycles. The second-order valence-corrected chi connectivity index (χ2v) is 4.58. The van der Waals surface area contributed by atoms with E-state index in [0.717, 1.165) is 11.3 Å². The molecular formula is C15H15FN2O2. The summed E-state index contributed by atoms with van der Waals surface area (Å²) in [5.74, 6) is 0.475. The molecule has 0 aliphatic carbocycles. The van der Waals surface area contributed by atoms with Gasteiger partial charge in [-0.25, -0.2) is 4.39 Å². The fourth-order valence-corrected chi connectivity index (χ4v) is 2.25. The van der Waals surface area contributed by atoms with Crippen molar-refractivity contribution in [2.24, 2.45) is 0 Å². The van der Waals surface area contributed by atoms with Crippen LogP contribution in [0, 0.1) is 5.82 Å². The third-order valence-electron chi connectivity index (χ3n) is 3.32. The number of nitrogens with one attached hydrogen (secondary N) is 1. The lowest BCUT2D eigenvalue weighted by molar-refractivity contribution is 0.101. The Balaban J connectivity index is 1.74. The van der Waals surface area contributed by atoms with E-state index in [0.29, 0.717) is 12.3 Å². The van der Waals surface area contributed by atoms with E-state index in [1.807, 2.05) is 24.3 Å². The zero-order chi connectivity index (χ0) is 13.9. The zero-order valence-electron chi connectivity index (χ0n) is 11.0. The largest absolute Gasteiger partial charge is 0.497 e. The lowest BCUT2D eigenvalue weighted by Gasteiger charge is -2.13. The molecule has 4 nitrogen and oxygen atoms in total. The molecule has 1 aromatic heterocycles. The molecule has 2 aromatic rings. The Morgan fingerprint density at radius 3 is 2.80 bits per heavy atom. The molecule has 5 heteroatoms. The Hall–Kier alpha value is -1.98. The van der Waals surface area contributed by atoms with Crippen LogP contribution in [-0.4, -0.2) is 18.7 Å². The van der Waals surface area contributed by atoms with E-state index >= 15 is 0 Å². The summed E-state index contributed by atoms with van der Waals surface area (Å²) in [6.07, 6.45) is 1.33. The molecule has 2 atom stereocenters. The average molecular weight is 274 g/mol. The first-order chi connectivity index (χ1) is 9.78. The molecule has 1 fully saturated rings. The minimum atomic E-state index is -0.316. The quantitative estimate of drug-likeness (QED) is 0.934. The fraction of sp³-hybridized carbons (Fsp3) is 0.267. The summed E-state index contributed by atoms with van der Waals surface area (Å²) in [5.41, 5.74) is 1.37. The monoisotopic (exact) mass is 274 g/mol. The predicted octanol–water partition coefficient (Wildman–Crippen LogP) is 2.59. The molecule has 3 rings (SSSR count). The van der Waals surface area contributed by atoms with Gasteiger partial charge in [0.05, 0.1) is 25.5 Å². The van der Waals surface area contributed by atoms with Gasteiger partial charge >= 0.3 is 0 Å². The van der Waals surface area contributed by atoms with E-state index in [4.69, 9.17) is 9.47 Å². The summed E-state index contributed by atoms with van der Waals surface area (Å²) in [6.45, 7) is 0.393. The van der Waals surface area contributed by atoms with Gasteiger partial charge in [-0.3, -0.25) is 10.3 Å². The number of hydrogen-bond acceptors (Lipinski definition) is 4. The normalized spacial score (nSPS) is 21.9. The summed E-state index contributed by atoms with van der Waals surface area (Å²) in [4.78, 5) is 4.08. The highest BCUT2D eigenvalue weighted by Gasteiger charge is 2.29. The summed E-state index contributed by atoms with van der Waals surface area (Å²) < 4.78 is 24.5. The van der Waals surface area contributed by atoms with E-state index < -0.39 is 0 Å². The number of aromatic nitrogens is 1. The van der Waals surface area contributed by atoms with Crippen molar-refractivity contribution < 1.29 is 13.9 Å². The molecule has 1 aliphatic rings. The zero-order valence-corrected chi connectivity index (χ0v) is 11.0. The van der Waals surface area contributed by atoms with Crippen molar-refractivity contribution in [2.75, 3.05) is 13.7 Å². The number of methoxy groups -OCH3 is 1. The highest BCUT2D eigenvalue weighted by atomic mass is 19.1. The number of nitrogens with zero attached hydrogens (tertiary/aromatic N) is 1. The number of halogens is 1. The Morgan fingerprint density at radius 1 is 1.30 bits per heavy atom. The maximum atomic E-state index is 13.7. The third-order valence-corrected chi connectivity index (χ3v) is 3.32. The number of pyridine rings is 1.